The van der Waals surface area contributed by atoms with Crippen LogP contribution in [0.2, 0.25) is 5.02 Å². The Hall–Kier alpha value is -0.890. The molecule has 0 bridgehead atoms. The molecular formula is C8H9ClN2. The first-order valence-electron chi connectivity index (χ1n) is 3.59. The molecule has 0 saturated carbocycles. The average Bonchev–Trinajstić information content (AvgIpc) is 2.36. The Morgan fingerprint density at radius 1 is 1.45 bits per heavy atom. The van der Waals surface area contributed by atoms with Gasteiger partial charge in [0, 0.05) is 12.2 Å². The number of nitrogen functional groups attached to an aromatic ring is 1. The van der Waals surface area contributed by atoms with E-state index in [1.54, 1.807) is 0 Å². The quantitative estimate of drug-likeness (QED) is 0.581. The maximum absolute atomic E-state index is 5.84. The largest absolute Gasteiger partial charge is 0.397 e. The number of halogens is 1. The fourth-order valence-electron chi connectivity index (χ4n) is 1.33. The van der Waals surface area contributed by atoms with Crippen LogP contribution in [-0.4, -0.2) is 6.54 Å². The molecule has 0 fully saturated rings. The highest BCUT2D eigenvalue weighted by Crippen LogP contribution is 2.30. The van der Waals surface area contributed by atoms with Gasteiger partial charge >= 0.3 is 0 Å². The third-order valence-corrected chi connectivity index (χ3v) is 2.26. The van der Waals surface area contributed by atoms with Crippen LogP contribution in [-0.2, 0) is 6.42 Å². The van der Waals surface area contributed by atoms with Crippen molar-refractivity contribution in [3.05, 3.63) is 22.7 Å². The number of nitrogens with two attached hydrogens (primary N) is 1. The lowest BCUT2D eigenvalue weighted by Gasteiger charge is -2.02. The van der Waals surface area contributed by atoms with Gasteiger partial charge in [0.25, 0.3) is 0 Å². The monoisotopic (exact) mass is 168 g/mol. The molecule has 0 spiro atoms. The summed E-state index contributed by atoms with van der Waals surface area (Å²) in [6.07, 6.45) is 1.05. The molecule has 1 aliphatic rings. The standard InChI is InChI=1S/C8H9ClN2/c9-6-3-5-1-2-11-8(5)4-7(6)10/h3-4,11H,1-2,10H2. The van der Waals surface area contributed by atoms with Crippen molar-refractivity contribution in [1.82, 2.24) is 0 Å². The molecule has 0 aromatic heterocycles. The zero-order valence-electron chi connectivity index (χ0n) is 6.02. The normalized spacial score (nSPS) is 14.3. The molecule has 58 valence electrons. The van der Waals surface area contributed by atoms with Crippen LogP contribution in [0.3, 0.4) is 0 Å². The van der Waals surface area contributed by atoms with Crippen molar-refractivity contribution in [2.75, 3.05) is 17.6 Å². The van der Waals surface area contributed by atoms with E-state index in [0.717, 1.165) is 18.7 Å². The van der Waals surface area contributed by atoms with E-state index in [9.17, 15) is 0 Å². The lowest BCUT2D eigenvalue weighted by atomic mass is 10.1. The van der Waals surface area contributed by atoms with Gasteiger partial charge in [-0.25, -0.2) is 0 Å². The Morgan fingerprint density at radius 2 is 2.27 bits per heavy atom. The van der Waals surface area contributed by atoms with E-state index in [2.05, 4.69) is 5.32 Å². The molecule has 11 heavy (non-hydrogen) atoms. The number of rotatable bonds is 0. The predicted molar refractivity (Wildman–Crippen MR) is 48.1 cm³/mol. The molecule has 0 amide bonds. The van der Waals surface area contributed by atoms with Gasteiger partial charge in [0.1, 0.15) is 0 Å². The summed E-state index contributed by atoms with van der Waals surface area (Å²) >= 11 is 5.84. The second-order valence-corrected chi connectivity index (χ2v) is 3.11. The molecule has 3 N–H and O–H groups in total. The lowest BCUT2D eigenvalue weighted by molar-refractivity contribution is 1.11. The van der Waals surface area contributed by atoms with Crippen LogP contribution in [0.1, 0.15) is 5.56 Å². The van der Waals surface area contributed by atoms with E-state index < -0.39 is 0 Å². The Balaban J connectivity index is 2.57. The van der Waals surface area contributed by atoms with Crippen molar-refractivity contribution in [3.8, 4) is 0 Å². The van der Waals surface area contributed by atoms with Crippen LogP contribution in [0.5, 0.6) is 0 Å². The molecule has 3 heteroatoms. The highest BCUT2D eigenvalue weighted by molar-refractivity contribution is 6.33. The number of hydrogen-bond donors (Lipinski definition) is 2. The number of anilines is 2. The molecule has 0 aliphatic carbocycles. The van der Waals surface area contributed by atoms with Crippen LogP contribution in [0.4, 0.5) is 11.4 Å². The van der Waals surface area contributed by atoms with Crippen LogP contribution in [0.15, 0.2) is 12.1 Å². The third-order valence-electron chi connectivity index (χ3n) is 1.93. The molecule has 2 rings (SSSR count). The van der Waals surface area contributed by atoms with E-state index >= 15 is 0 Å². The first-order chi connectivity index (χ1) is 5.27. The number of nitrogens with one attached hydrogen (secondary N) is 1. The van der Waals surface area contributed by atoms with Crippen molar-refractivity contribution >= 4 is 23.0 Å². The van der Waals surface area contributed by atoms with Gasteiger partial charge in [0.15, 0.2) is 0 Å². The maximum atomic E-state index is 5.84. The van der Waals surface area contributed by atoms with Crippen LogP contribution in [0, 0.1) is 0 Å². The summed E-state index contributed by atoms with van der Waals surface area (Å²) < 4.78 is 0. The smallest absolute Gasteiger partial charge is 0.0639 e. The van der Waals surface area contributed by atoms with Crippen molar-refractivity contribution in [1.29, 1.82) is 0 Å². The topological polar surface area (TPSA) is 38.0 Å². The van der Waals surface area contributed by atoms with Gasteiger partial charge in [-0.15, -0.1) is 0 Å². The zero-order chi connectivity index (χ0) is 7.84. The molecule has 1 heterocycles. The maximum Gasteiger partial charge on any atom is 0.0639 e. The fourth-order valence-corrected chi connectivity index (χ4v) is 1.52. The van der Waals surface area contributed by atoms with Gasteiger partial charge in [-0.1, -0.05) is 11.6 Å². The first-order valence-corrected chi connectivity index (χ1v) is 3.97. The Bertz CT molecular complexity index is 267. The van der Waals surface area contributed by atoms with Crippen molar-refractivity contribution in [2.45, 2.75) is 6.42 Å². The summed E-state index contributed by atoms with van der Waals surface area (Å²) in [5.41, 5.74) is 8.67. The minimum atomic E-state index is 0.653. The fraction of sp³-hybridized carbons (Fsp3) is 0.250. The minimum Gasteiger partial charge on any atom is -0.397 e. The first kappa shape index (κ1) is 6.80. The summed E-state index contributed by atoms with van der Waals surface area (Å²) in [7, 11) is 0. The SMILES string of the molecule is Nc1cc2c(cc1Cl)CCN2. The molecular weight excluding hydrogens is 160 g/mol. The molecule has 0 radical (unpaired) electrons. The molecule has 2 nitrogen and oxygen atoms in total. The molecule has 1 aromatic carbocycles. The van der Waals surface area contributed by atoms with Gasteiger partial charge in [0.2, 0.25) is 0 Å². The summed E-state index contributed by atoms with van der Waals surface area (Å²) in [6.45, 7) is 0.995. The third kappa shape index (κ3) is 1.03. The summed E-state index contributed by atoms with van der Waals surface area (Å²) in [4.78, 5) is 0. The zero-order valence-corrected chi connectivity index (χ0v) is 6.78. The second kappa shape index (κ2) is 2.31. The van der Waals surface area contributed by atoms with Crippen LogP contribution >= 0.6 is 11.6 Å². The van der Waals surface area contributed by atoms with E-state index in [0.29, 0.717) is 10.7 Å². The Kier molecular flexibility index (Phi) is 1.43. The van der Waals surface area contributed by atoms with Gasteiger partial charge in [-0.05, 0) is 24.1 Å². The molecule has 1 aromatic rings. The van der Waals surface area contributed by atoms with Crippen molar-refractivity contribution in [3.63, 3.8) is 0 Å². The summed E-state index contributed by atoms with van der Waals surface area (Å²) in [5, 5.41) is 3.89. The van der Waals surface area contributed by atoms with Crippen LogP contribution in [0.25, 0.3) is 0 Å². The van der Waals surface area contributed by atoms with Crippen LogP contribution < -0.4 is 11.1 Å². The predicted octanol–water partition coefficient (Wildman–Crippen LogP) is 1.89. The Labute approximate surface area is 70.3 Å². The van der Waals surface area contributed by atoms with Crippen molar-refractivity contribution in [2.24, 2.45) is 0 Å². The highest BCUT2D eigenvalue weighted by Gasteiger charge is 2.11. The number of hydrogen-bond acceptors (Lipinski definition) is 2. The highest BCUT2D eigenvalue weighted by atomic mass is 35.5. The Morgan fingerprint density at radius 3 is 3.09 bits per heavy atom. The van der Waals surface area contributed by atoms with E-state index in [1.165, 1.54) is 5.56 Å². The summed E-state index contributed by atoms with van der Waals surface area (Å²) in [6, 6.07) is 3.83. The van der Waals surface area contributed by atoms with Gasteiger partial charge in [0.05, 0.1) is 10.7 Å². The lowest BCUT2D eigenvalue weighted by Crippen LogP contribution is -1.92. The van der Waals surface area contributed by atoms with E-state index in [-0.39, 0.29) is 0 Å². The second-order valence-electron chi connectivity index (χ2n) is 2.71. The van der Waals surface area contributed by atoms with E-state index in [1.807, 2.05) is 12.1 Å². The number of benzene rings is 1. The minimum absolute atomic E-state index is 0.653. The van der Waals surface area contributed by atoms with E-state index in [4.69, 9.17) is 17.3 Å². The van der Waals surface area contributed by atoms with Crippen molar-refractivity contribution < 1.29 is 0 Å². The van der Waals surface area contributed by atoms with Gasteiger partial charge < -0.3 is 11.1 Å². The molecule has 0 atom stereocenters. The van der Waals surface area contributed by atoms with Gasteiger partial charge in [-0.3, -0.25) is 0 Å². The molecule has 0 saturated heterocycles. The average molecular weight is 169 g/mol. The molecule has 1 aliphatic heterocycles. The van der Waals surface area contributed by atoms with Gasteiger partial charge in [-0.2, -0.15) is 0 Å². The summed E-state index contributed by atoms with van der Waals surface area (Å²) in [5.74, 6) is 0. The number of fused-ring (bicyclic) bond motifs is 1. The molecule has 0 unspecified atom stereocenters.